The fourth-order valence-electron chi connectivity index (χ4n) is 2.88. The Morgan fingerprint density at radius 2 is 1.96 bits per heavy atom. The normalized spacial score (nSPS) is 17.8. The van der Waals surface area contributed by atoms with E-state index in [0.717, 1.165) is 28.2 Å². The molecule has 4 nitrogen and oxygen atoms in total. The summed E-state index contributed by atoms with van der Waals surface area (Å²) in [5.74, 6) is -0.967. The Morgan fingerprint density at radius 1 is 1.20 bits per heavy atom. The second kappa shape index (κ2) is 7.61. The van der Waals surface area contributed by atoms with Crippen molar-refractivity contribution in [3.63, 3.8) is 0 Å². The smallest absolute Gasteiger partial charge is 0.246 e. The zero-order valence-electron chi connectivity index (χ0n) is 13.7. The van der Waals surface area contributed by atoms with Gasteiger partial charge in [-0.25, -0.2) is 4.39 Å². The standard InChI is InChI=1S/C19H19FN2O2S/c20-15-5-3-13(4-6-15)17-9-7-16(25-17)8-10-18(23)22-11-1-2-14(12-22)19(21)24/h3-10,14H,1-2,11-12H2,(H2,21,24)/b10-8+. The molecule has 1 aromatic heterocycles. The van der Waals surface area contributed by atoms with Gasteiger partial charge in [0.25, 0.3) is 0 Å². The van der Waals surface area contributed by atoms with Crippen molar-refractivity contribution in [1.82, 2.24) is 4.90 Å². The van der Waals surface area contributed by atoms with Crippen LogP contribution in [0.2, 0.25) is 0 Å². The van der Waals surface area contributed by atoms with Crippen LogP contribution in [0.4, 0.5) is 4.39 Å². The van der Waals surface area contributed by atoms with Gasteiger partial charge in [0.15, 0.2) is 0 Å². The number of carbonyl (C=O) groups is 2. The first-order valence-corrected chi connectivity index (χ1v) is 8.96. The molecule has 1 unspecified atom stereocenters. The predicted molar refractivity (Wildman–Crippen MR) is 97.2 cm³/mol. The summed E-state index contributed by atoms with van der Waals surface area (Å²) in [4.78, 5) is 27.2. The molecule has 1 aliphatic rings. The summed E-state index contributed by atoms with van der Waals surface area (Å²) in [7, 11) is 0. The largest absolute Gasteiger partial charge is 0.369 e. The fourth-order valence-corrected chi connectivity index (χ4v) is 3.80. The molecule has 1 atom stereocenters. The van der Waals surface area contributed by atoms with E-state index in [1.54, 1.807) is 23.1 Å². The van der Waals surface area contributed by atoms with Crippen molar-refractivity contribution in [2.45, 2.75) is 12.8 Å². The number of halogens is 1. The van der Waals surface area contributed by atoms with Crippen molar-refractivity contribution in [3.05, 3.63) is 53.2 Å². The van der Waals surface area contributed by atoms with Crippen molar-refractivity contribution in [1.29, 1.82) is 0 Å². The van der Waals surface area contributed by atoms with E-state index < -0.39 is 0 Å². The van der Waals surface area contributed by atoms with Crippen LogP contribution in [0.15, 0.2) is 42.5 Å². The Balaban J connectivity index is 1.65. The lowest BCUT2D eigenvalue weighted by molar-refractivity contribution is -0.130. The van der Waals surface area contributed by atoms with Gasteiger partial charge in [-0.3, -0.25) is 9.59 Å². The average Bonchev–Trinajstić information content (AvgIpc) is 3.09. The van der Waals surface area contributed by atoms with Crippen molar-refractivity contribution in [2.24, 2.45) is 11.7 Å². The molecule has 1 fully saturated rings. The molecule has 0 radical (unpaired) electrons. The Morgan fingerprint density at radius 3 is 2.68 bits per heavy atom. The van der Waals surface area contributed by atoms with Crippen LogP contribution >= 0.6 is 11.3 Å². The second-order valence-electron chi connectivity index (χ2n) is 6.07. The number of nitrogens with zero attached hydrogens (tertiary/aromatic N) is 1. The number of rotatable bonds is 4. The first kappa shape index (κ1) is 17.4. The molecule has 3 rings (SSSR count). The maximum atomic E-state index is 13.0. The maximum absolute atomic E-state index is 13.0. The first-order valence-electron chi connectivity index (χ1n) is 8.15. The highest BCUT2D eigenvalue weighted by molar-refractivity contribution is 7.16. The summed E-state index contributed by atoms with van der Waals surface area (Å²) in [6.07, 6.45) is 4.84. The van der Waals surface area contributed by atoms with Gasteiger partial charge in [-0.05, 0) is 48.7 Å². The van der Waals surface area contributed by atoms with Gasteiger partial charge in [0, 0.05) is 28.9 Å². The highest BCUT2D eigenvalue weighted by Gasteiger charge is 2.25. The van der Waals surface area contributed by atoms with E-state index in [4.69, 9.17) is 5.73 Å². The van der Waals surface area contributed by atoms with E-state index in [1.165, 1.54) is 29.5 Å². The SMILES string of the molecule is NC(=O)C1CCCN(C(=O)/C=C/c2ccc(-c3ccc(F)cc3)s2)C1. The zero-order chi connectivity index (χ0) is 17.8. The number of amides is 2. The van der Waals surface area contributed by atoms with Gasteiger partial charge in [-0.2, -0.15) is 0 Å². The van der Waals surface area contributed by atoms with E-state index in [1.807, 2.05) is 12.1 Å². The highest BCUT2D eigenvalue weighted by Crippen LogP contribution is 2.29. The molecule has 0 bridgehead atoms. The summed E-state index contributed by atoms with van der Waals surface area (Å²) in [5.41, 5.74) is 6.29. The minimum absolute atomic E-state index is 0.109. The molecule has 2 aromatic rings. The third-order valence-electron chi connectivity index (χ3n) is 4.28. The van der Waals surface area contributed by atoms with Crippen LogP contribution in [0.25, 0.3) is 16.5 Å². The van der Waals surface area contributed by atoms with E-state index in [-0.39, 0.29) is 23.5 Å². The van der Waals surface area contributed by atoms with Crippen LogP contribution in [0, 0.1) is 11.7 Å². The number of carbonyl (C=O) groups excluding carboxylic acids is 2. The number of thiophene rings is 1. The van der Waals surface area contributed by atoms with Gasteiger partial charge >= 0.3 is 0 Å². The van der Waals surface area contributed by atoms with Gasteiger partial charge in [-0.15, -0.1) is 11.3 Å². The minimum Gasteiger partial charge on any atom is -0.369 e. The first-order chi connectivity index (χ1) is 12.0. The monoisotopic (exact) mass is 358 g/mol. The van der Waals surface area contributed by atoms with Crippen molar-refractivity contribution >= 4 is 29.2 Å². The number of hydrogen-bond acceptors (Lipinski definition) is 3. The van der Waals surface area contributed by atoms with Crippen LogP contribution < -0.4 is 5.73 Å². The molecule has 0 saturated carbocycles. The Kier molecular flexibility index (Phi) is 5.28. The van der Waals surface area contributed by atoms with Gasteiger partial charge in [0.1, 0.15) is 5.82 Å². The van der Waals surface area contributed by atoms with Crippen LogP contribution in [0.1, 0.15) is 17.7 Å². The topological polar surface area (TPSA) is 63.4 Å². The average molecular weight is 358 g/mol. The zero-order valence-corrected chi connectivity index (χ0v) is 14.5. The van der Waals surface area contributed by atoms with Crippen LogP contribution in [0.5, 0.6) is 0 Å². The molecule has 0 spiro atoms. The van der Waals surface area contributed by atoms with Crippen LogP contribution in [0.3, 0.4) is 0 Å². The molecule has 1 aliphatic heterocycles. The van der Waals surface area contributed by atoms with Crippen LogP contribution in [-0.4, -0.2) is 29.8 Å². The van der Waals surface area contributed by atoms with Gasteiger partial charge in [0.05, 0.1) is 5.92 Å². The molecule has 2 N–H and O–H groups in total. The van der Waals surface area contributed by atoms with Crippen molar-refractivity contribution < 1.29 is 14.0 Å². The quantitative estimate of drug-likeness (QED) is 0.853. The number of hydrogen-bond donors (Lipinski definition) is 1. The van der Waals surface area contributed by atoms with Crippen LogP contribution in [-0.2, 0) is 9.59 Å². The summed E-state index contributed by atoms with van der Waals surface area (Å²) in [6, 6.07) is 10.2. The Hall–Kier alpha value is -2.47. The van der Waals surface area contributed by atoms with E-state index >= 15 is 0 Å². The van der Waals surface area contributed by atoms with E-state index in [0.29, 0.717) is 13.1 Å². The predicted octanol–water partition coefficient (Wildman–Crippen LogP) is 3.29. The van der Waals surface area contributed by atoms with Crippen molar-refractivity contribution in [3.8, 4) is 10.4 Å². The molecular weight excluding hydrogens is 339 g/mol. The van der Waals surface area contributed by atoms with Gasteiger partial charge < -0.3 is 10.6 Å². The Bertz CT molecular complexity index is 798. The van der Waals surface area contributed by atoms with Crippen molar-refractivity contribution in [2.75, 3.05) is 13.1 Å². The molecule has 2 heterocycles. The second-order valence-corrected chi connectivity index (χ2v) is 7.18. The molecule has 25 heavy (non-hydrogen) atoms. The molecule has 1 aromatic carbocycles. The summed E-state index contributed by atoms with van der Waals surface area (Å²) >= 11 is 1.53. The molecule has 2 amide bonds. The Labute approximate surface area is 149 Å². The minimum atomic E-state index is -0.344. The third kappa shape index (κ3) is 4.33. The lowest BCUT2D eigenvalue weighted by Crippen LogP contribution is -2.43. The third-order valence-corrected chi connectivity index (χ3v) is 5.38. The van der Waals surface area contributed by atoms with Gasteiger partial charge in [-0.1, -0.05) is 12.1 Å². The number of nitrogens with two attached hydrogens (primary N) is 1. The lowest BCUT2D eigenvalue weighted by Gasteiger charge is -2.30. The molecule has 130 valence electrons. The highest BCUT2D eigenvalue weighted by atomic mass is 32.1. The molecular formula is C19H19FN2O2S. The summed E-state index contributed by atoms with van der Waals surface area (Å²) in [6.45, 7) is 1.04. The number of primary amides is 1. The van der Waals surface area contributed by atoms with Gasteiger partial charge in [0.2, 0.25) is 11.8 Å². The number of benzene rings is 1. The summed E-state index contributed by atoms with van der Waals surface area (Å²) < 4.78 is 13.0. The molecule has 6 heteroatoms. The molecule has 0 aliphatic carbocycles. The maximum Gasteiger partial charge on any atom is 0.246 e. The molecule has 1 saturated heterocycles. The summed E-state index contributed by atoms with van der Waals surface area (Å²) in [5, 5.41) is 0. The fraction of sp³-hybridized carbons (Fsp3) is 0.263. The number of piperidine rings is 1. The lowest BCUT2D eigenvalue weighted by atomic mass is 9.97. The van der Waals surface area contributed by atoms with E-state index in [9.17, 15) is 14.0 Å². The van der Waals surface area contributed by atoms with E-state index in [2.05, 4.69) is 0 Å². The number of likely N-dealkylation sites (tertiary alicyclic amines) is 1.